The topological polar surface area (TPSA) is 52.9 Å². The van der Waals surface area contributed by atoms with Crippen LogP contribution < -0.4 is 5.32 Å². The third-order valence-corrected chi connectivity index (χ3v) is 4.87. The smallest absolute Gasteiger partial charge is 0.252 e. The molecule has 0 bridgehead atoms. The highest BCUT2D eigenvalue weighted by Gasteiger charge is 2.29. The van der Waals surface area contributed by atoms with Crippen LogP contribution in [0.5, 0.6) is 0 Å². The Balaban J connectivity index is 2.13. The number of nitrogens with zero attached hydrogens (tertiary/aromatic N) is 1. The van der Waals surface area contributed by atoms with Gasteiger partial charge < -0.3 is 5.32 Å². The van der Waals surface area contributed by atoms with E-state index >= 15 is 0 Å². The normalized spacial score (nSPS) is 22.5. The van der Waals surface area contributed by atoms with E-state index in [1.165, 1.54) is 0 Å². The van der Waals surface area contributed by atoms with Gasteiger partial charge in [-0.25, -0.2) is 0 Å². The molecule has 2 rings (SSSR count). The van der Waals surface area contributed by atoms with Crippen molar-refractivity contribution in [2.24, 2.45) is 5.92 Å². The fourth-order valence-corrected chi connectivity index (χ4v) is 2.96. The SMILES string of the molecule is Cc1cccc(C(=O)NC2CCCC2C#N)c1I. The van der Waals surface area contributed by atoms with Crippen molar-refractivity contribution in [2.45, 2.75) is 32.2 Å². The van der Waals surface area contributed by atoms with Crippen LogP contribution in [0.25, 0.3) is 0 Å². The summed E-state index contributed by atoms with van der Waals surface area (Å²) in [6.45, 7) is 1.99. The molecule has 1 aliphatic rings. The van der Waals surface area contributed by atoms with Crippen molar-refractivity contribution < 1.29 is 4.79 Å². The quantitative estimate of drug-likeness (QED) is 0.830. The van der Waals surface area contributed by atoms with Crippen LogP contribution in [0.1, 0.15) is 35.2 Å². The Kier molecular flexibility index (Phi) is 4.23. The summed E-state index contributed by atoms with van der Waals surface area (Å²) in [7, 11) is 0. The number of nitrogens with one attached hydrogen (secondary N) is 1. The maximum atomic E-state index is 12.2. The minimum absolute atomic E-state index is 0.0128. The van der Waals surface area contributed by atoms with Crippen molar-refractivity contribution in [1.29, 1.82) is 5.26 Å². The van der Waals surface area contributed by atoms with E-state index in [-0.39, 0.29) is 17.9 Å². The third-order valence-electron chi connectivity index (χ3n) is 3.43. The number of carbonyl (C=O) groups is 1. The zero-order valence-corrected chi connectivity index (χ0v) is 12.4. The molecule has 0 aliphatic heterocycles. The molecule has 1 aromatic carbocycles. The van der Waals surface area contributed by atoms with Crippen molar-refractivity contribution in [2.75, 3.05) is 0 Å². The second kappa shape index (κ2) is 5.70. The lowest BCUT2D eigenvalue weighted by Crippen LogP contribution is -2.37. The molecule has 1 N–H and O–H groups in total. The summed E-state index contributed by atoms with van der Waals surface area (Å²) in [4.78, 5) is 12.2. The van der Waals surface area contributed by atoms with E-state index in [0.717, 1.165) is 28.4 Å². The summed E-state index contributed by atoms with van der Waals surface area (Å²) in [6, 6.07) is 8.01. The molecule has 0 radical (unpaired) electrons. The first-order chi connectivity index (χ1) is 8.63. The van der Waals surface area contributed by atoms with Gasteiger partial charge in [0.15, 0.2) is 0 Å². The van der Waals surface area contributed by atoms with Crippen LogP contribution in [0.2, 0.25) is 0 Å². The number of rotatable bonds is 2. The predicted molar refractivity (Wildman–Crippen MR) is 78.1 cm³/mol. The molecule has 3 nitrogen and oxygen atoms in total. The monoisotopic (exact) mass is 354 g/mol. The summed E-state index contributed by atoms with van der Waals surface area (Å²) >= 11 is 2.20. The lowest BCUT2D eigenvalue weighted by molar-refractivity contribution is 0.0932. The Labute approximate surface area is 121 Å². The van der Waals surface area contributed by atoms with Gasteiger partial charge in [-0.1, -0.05) is 12.1 Å². The van der Waals surface area contributed by atoms with Crippen LogP contribution in [0, 0.1) is 27.7 Å². The molecule has 0 aromatic heterocycles. The third kappa shape index (κ3) is 2.66. The van der Waals surface area contributed by atoms with Gasteiger partial charge >= 0.3 is 0 Å². The molecule has 0 heterocycles. The number of amides is 1. The highest BCUT2D eigenvalue weighted by atomic mass is 127. The van der Waals surface area contributed by atoms with E-state index < -0.39 is 0 Å². The lowest BCUT2D eigenvalue weighted by atomic mass is 10.0. The van der Waals surface area contributed by atoms with Gasteiger partial charge in [0, 0.05) is 9.61 Å². The zero-order chi connectivity index (χ0) is 13.1. The van der Waals surface area contributed by atoms with E-state index in [9.17, 15) is 4.79 Å². The van der Waals surface area contributed by atoms with Gasteiger partial charge in [-0.2, -0.15) is 5.26 Å². The molecule has 0 saturated heterocycles. The van der Waals surface area contributed by atoms with Gasteiger partial charge in [0.1, 0.15) is 0 Å². The van der Waals surface area contributed by atoms with Crippen molar-refractivity contribution in [3.05, 3.63) is 32.9 Å². The Morgan fingerprint density at radius 3 is 3.00 bits per heavy atom. The van der Waals surface area contributed by atoms with Crippen LogP contribution >= 0.6 is 22.6 Å². The molecule has 0 spiro atoms. The molecule has 1 amide bonds. The molecule has 18 heavy (non-hydrogen) atoms. The summed E-state index contributed by atoms with van der Waals surface area (Å²) in [5.74, 6) is -0.0910. The van der Waals surface area contributed by atoms with Gasteiger partial charge in [0.2, 0.25) is 0 Å². The van der Waals surface area contributed by atoms with E-state index in [4.69, 9.17) is 5.26 Å². The highest BCUT2D eigenvalue weighted by Crippen LogP contribution is 2.25. The van der Waals surface area contributed by atoms with Gasteiger partial charge in [0.25, 0.3) is 5.91 Å². The maximum absolute atomic E-state index is 12.2. The second-order valence-electron chi connectivity index (χ2n) is 4.68. The molecule has 94 valence electrons. The Bertz CT molecular complexity index is 507. The number of benzene rings is 1. The van der Waals surface area contributed by atoms with E-state index in [1.807, 2.05) is 25.1 Å². The number of carbonyl (C=O) groups excluding carboxylic acids is 1. The second-order valence-corrected chi connectivity index (χ2v) is 5.76. The fourth-order valence-electron chi connectivity index (χ4n) is 2.36. The summed E-state index contributed by atoms with van der Waals surface area (Å²) in [6.07, 6.45) is 2.83. The van der Waals surface area contributed by atoms with Crippen LogP contribution in [0.15, 0.2) is 18.2 Å². The first-order valence-corrected chi connectivity index (χ1v) is 7.17. The number of aryl methyl sites for hydroxylation is 1. The van der Waals surface area contributed by atoms with Crippen molar-refractivity contribution in [1.82, 2.24) is 5.32 Å². The standard InChI is InChI=1S/C14H15IN2O/c1-9-4-2-6-11(13(9)15)14(18)17-12-7-3-5-10(12)8-16/h2,4,6,10,12H,3,5,7H2,1H3,(H,17,18). The van der Waals surface area contributed by atoms with Crippen LogP contribution in [0.4, 0.5) is 0 Å². The number of nitriles is 1. The molecule has 2 atom stereocenters. The molecule has 1 aliphatic carbocycles. The zero-order valence-electron chi connectivity index (χ0n) is 10.2. The highest BCUT2D eigenvalue weighted by molar-refractivity contribution is 14.1. The Hall–Kier alpha value is -1.09. The average Bonchev–Trinajstić information content (AvgIpc) is 2.79. The average molecular weight is 354 g/mol. The van der Waals surface area contributed by atoms with Crippen molar-refractivity contribution >= 4 is 28.5 Å². The number of halogens is 1. The molecule has 1 fully saturated rings. The minimum Gasteiger partial charge on any atom is -0.348 e. The van der Waals surface area contributed by atoms with Crippen LogP contribution in [-0.4, -0.2) is 11.9 Å². The molecule has 1 aromatic rings. The van der Waals surface area contributed by atoms with E-state index in [1.54, 1.807) is 0 Å². The maximum Gasteiger partial charge on any atom is 0.252 e. The summed E-state index contributed by atoms with van der Waals surface area (Å²) < 4.78 is 0.985. The van der Waals surface area contributed by atoms with Gasteiger partial charge in [-0.15, -0.1) is 0 Å². The number of hydrogen-bond acceptors (Lipinski definition) is 2. The van der Waals surface area contributed by atoms with Crippen molar-refractivity contribution in [3.8, 4) is 6.07 Å². The van der Waals surface area contributed by atoms with Crippen molar-refractivity contribution in [3.63, 3.8) is 0 Å². The summed E-state index contributed by atoms with van der Waals surface area (Å²) in [5.41, 5.74) is 1.81. The summed E-state index contributed by atoms with van der Waals surface area (Å²) in [5, 5.41) is 12.0. The largest absolute Gasteiger partial charge is 0.348 e. The molecule has 2 unspecified atom stereocenters. The predicted octanol–water partition coefficient (Wildman–Crippen LogP) is 3.02. The van der Waals surface area contributed by atoms with E-state index in [2.05, 4.69) is 34.0 Å². The number of hydrogen-bond donors (Lipinski definition) is 1. The van der Waals surface area contributed by atoms with Crippen LogP contribution in [-0.2, 0) is 0 Å². The Morgan fingerprint density at radius 1 is 1.50 bits per heavy atom. The van der Waals surface area contributed by atoms with Gasteiger partial charge in [-0.05, 0) is 60.4 Å². The molecule has 4 heteroatoms. The fraction of sp³-hybridized carbons (Fsp3) is 0.429. The van der Waals surface area contributed by atoms with Gasteiger partial charge in [0.05, 0.1) is 17.6 Å². The molecular formula is C14H15IN2O. The first-order valence-electron chi connectivity index (χ1n) is 6.09. The Morgan fingerprint density at radius 2 is 2.28 bits per heavy atom. The molecular weight excluding hydrogens is 339 g/mol. The minimum atomic E-state index is -0.0600. The van der Waals surface area contributed by atoms with E-state index in [0.29, 0.717) is 5.56 Å². The van der Waals surface area contributed by atoms with Crippen LogP contribution in [0.3, 0.4) is 0 Å². The van der Waals surface area contributed by atoms with Gasteiger partial charge in [-0.3, -0.25) is 4.79 Å². The lowest BCUT2D eigenvalue weighted by Gasteiger charge is -2.16. The molecule has 1 saturated carbocycles. The first kappa shape index (κ1) is 13.3.